The van der Waals surface area contributed by atoms with Crippen molar-refractivity contribution in [3.63, 3.8) is 0 Å². The zero-order chi connectivity index (χ0) is 20.3. The van der Waals surface area contributed by atoms with Crippen LogP contribution in [0.1, 0.15) is 46.2 Å². The van der Waals surface area contributed by atoms with E-state index >= 15 is 0 Å². The molecule has 1 amide bonds. The molecule has 3 N–H and O–H groups in total. The number of carbonyl (C=O) groups is 1. The number of alkyl carbamates (subject to hydrolysis) is 1. The van der Waals surface area contributed by atoms with E-state index in [1.807, 2.05) is 33.8 Å². The van der Waals surface area contributed by atoms with Gasteiger partial charge in [0, 0.05) is 35.6 Å². The van der Waals surface area contributed by atoms with Crippen LogP contribution in [0.25, 0.3) is 10.8 Å². The van der Waals surface area contributed by atoms with Crippen LogP contribution in [0.5, 0.6) is 0 Å². The van der Waals surface area contributed by atoms with E-state index in [0.29, 0.717) is 18.1 Å². The van der Waals surface area contributed by atoms with Crippen LogP contribution < -0.4 is 16.0 Å². The molecule has 1 fully saturated rings. The third kappa shape index (κ3) is 4.80. The van der Waals surface area contributed by atoms with E-state index in [0.717, 1.165) is 29.4 Å². The zero-order valence-corrected chi connectivity index (χ0v) is 16.7. The van der Waals surface area contributed by atoms with E-state index < -0.39 is 5.60 Å². The molecule has 8 heteroatoms. The van der Waals surface area contributed by atoms with Gasteiger partial charge in [-0.2, -0.15) is 5.26 Å². The van der Waals surface area contributed by atoms with Gasteiger partial charge in [-0.3, -0.25) is 0 Å². The van der Waals surface area contributed by atoms with Crippen molar-refractivity contribution < 1.29 is 9.53 Å². The molecule has 3 rings (SSSR count). The summed E-state index contributed by atoms with van der Waals surface area (Å²) in [7, 11) is 0. The van der Waals surface area contributed by atoms with Crippen molar-refractivity contribution in [1.82, 2.24) is 15.3 Å². The first kappa shape index (κ1) is 19.7. The molecule has 0 bridgehead atoms. The maximum atomic E-state index is 11.8. The molecule has 1 aliphatic rings. The van der Waals surface area contributed by atoms with Gasteiger partial charge in [0.2, 0.25) is 0 Å². The second-order valence-electron chi connectivity index (χ2n) is 7.94. The second kappa shape index (κ2) is 7.89. The first-order valence-corrected chi connectivity index (χ1v) is 9.48. The van der Waals surface area contributed by atoms with Crippen molar-refractivity contribution in [2.24, 2.45) is 0 Å². The number of nitrogens with one attached hydrogen (secondary N) is 3. The van der Waals surface area contributed by atoms with Crippen molar-refractivity contribution >= 4 is 28.5 Å². The van der Waals surface area contributed by atoms with E-state index in [1.54, 1.807) is 12.3 Å². The van der Waals surface area contributed by atoms with Crippen LogP contribution in [0.3, 0.4) is 0 Å². The number of amides is 1. The summed E-state index contributed by atoms with van der Waals surface area (Å²) in [6, 6.07) is 6.09. The van der Waals surface area contributed by atoms with Crippen LogP contribution in [0.2, 0.25) is 0 Å². The Kier molecular flexibility index (Phi) is 5.54. The van der Waals surface area contributed by atoms with Crippen LogP contribution in [0, 0.1) is 11.3 Å². The van der Waals surface area contributed by atoms with Crippen LogP contribution >= 0.6 is 0 Å². The summed E-state index contributed by atoms with van der Waals surface area (Å²) in [4.78, 5) is 20.6. The molecule has 2 aromatic rings. The van der Waals surface area contributed by atoms with Gasteiger partial charge in [-0.1, -0.05) is 0 Å². The average molecular weight is 382 g/mol. The summed E-state index contributed by atoms with van der Waals surface area (Å²) >= 11 is 0. The van der Waals surface area contributed by atoms with E-state index in [2.05, 4.69) is 32.0 Å². The Morgan fingerprint density at radius 2 is 2.07 bits per heavy atom. The Hall–Kier alpha value is -3.08. The number of nitriles is 1. The van der Waals surface area contributed by atoms with Gasteiger partial charge in [0.05, 0.1) is 0 Å². The van der Waals surface area contributed by atoms with Crippen LogP contribution in [0.15, 0.2) is 18.3 Å². The number of aromatic nitrogens is 2. The summed E-state index contributed by atoms with van der Waals surface area (Å²) in [6.45, 7) is 8.24. The third-order valence-electron chi connectivity index (χ3n) is 4.38. The summed E-state index contributed by atoms with van der Waals surface area (Å²) in [5.74, 6) is 1.43. The number of hydrogen-bond acceptors (Lipinski definition) is 7. The van der Waals surface area contributed by atoms with Gasteiger partial charge in [0.1, 0.15) is 29.0 Å². The predicted octanol–water partition coefficient (Wildman–Crippen LogP) is 3.40. The normalized spacial score (nSPS) is 18.7. The van der Waals surface area contributed by atoms with Gasteiger partial charge < -0.3 is 20.7 Å². The minimum atomic E-state index is -0.496. The van der Waals surface area contributed by atoms with Gasteiger partial charge in [0.25, 0.3) is 0 Å². The molecule has 1 saturated carbocycles. The number of pyridine rings is 2. The molecule has 8 nitrogen and oxygen atoms in total. The molecule has 0 saturated heterocycles. The Bertz CT molecular complexity index is 909. The first-order chi connectivity index (χ1) is 13.3. The number of anilines is 2. The van der Waals surface area contributed by atoms with Gasteiger partial charge in [0.15, 0.2) is 0 Å². The smallest absolute Gasteiger partial charge is 0.407 e. The Balaban J connectivity index is 1.62. The highest BCUT2D eigenvalue weighted by Gasteiger charge is 2.31. The molecule has 2 heterocycles. The summed E-state index contributed by atoms with van der Waals surface area (Å²) in [5.41, 5.74) is -0.134. The van der Waals surface area contributed by atoms with Crippen molar-refractivity contribution in [2.75, 3.05) is 17.2 Å². The Morgan fingerprint density at radius 3 is 2.71 bits per heavy atom. The summed E-state index contributed by atoms with van der Waals surface area (Å²) in [6.07, 6.45) is 2.99. The van der Waals surface area contributed by atoms with Crippen molar-refractivity contribution in [3.05, 3.63) is 24.0 Å². The predicted molar refractivity (Wildman–Crippen MR) is 108 cm³/mol. The highest BCUT2D eigenvalue weighted by Crippen LogP contribution is 2.28. The van der Waals surface area contributed by atoms with Gasteiger partial charge in [-0.05, 0) is 52.7 Å². The molecule has 1 aliphatic carbocycles. The lowest BCUT2D eigenvalue weighted by atomic mass is 9.87. The summed E-state index contributed by atoms with van der Waals surface area (Å²) < 4.78 is 5.28. The number of carbonyl (C=O) groups excluding carboxylic acids is 1. The molecule has 0 aromatic carbocycles. The Morgan fingerprint density at radius 1 is 1.32 bits per heavy atom. The fourth-order valence-corrected chi connectivity index (χ4v) is 3.12. The van der Waals surface area contributed by atoms with Crippen LogP contribution in [-0.2, 0) is 4.74 Å². The van der Waals surface area contributed by atoms with Gasteiger partial charge in [-0.25, -0.2) is 14.8 Å². The number of rotatable bonds is 5. The zero-order valence-electron chi connectivity index (χ0n) is 16.7. The SMILES string of the molecule is CCNc1nc(C#N)cc2cnc(N[C@H]3C[C@H](NC(=O)OC(C)(C)C)C3)cc12. The molecule has 0 spiro atoms. The molecule has 0 unspecified atom stereocenters. The van der Waals surface area contributed by atoms with Gasteiger partial charge >= 0.3 is 6.09 Å². The van der Waals surface area contributed by atoms with E-state index in [4.69, 9.17) is 10.00 Å². The lowest BCUT2D eigenvalue weighted by Crippen LogP contribution is -2.50. The standard InChI is InChI=1S/C20H26N6O2/c1-5-22-18-16-9-17(23-11-12(16)6-15(10-21)25-18)24-13-7-14(8-13)26-19(27)28-20(2,3)4/h6,9,11,13-14H,5,7-8H2,1-4H3,(H,22,25)(H,23,24)(H,26,27)/t13-,14-. The quantitative estimate of drug-likeness (QED) is 0.726. The van der Waals surface area contributed by atoms with Crippen molar-refractivity contribution in [3.8, 4) is 6.07 Å². The van der Waals surface area contributed by atoms with Crippen LogP contribution in [0.4, 0.5) is 16.4 Å². The summed E-state index contributed by atoms with van der Waals surface area (Å²) in [5, 5.41) is 20.4. The largest absolute Gasteiger partial charge is 0.444 e. The number of fused-ring (bicyclic) bond motifs is 1. The molecule has 0 aliphatic heterocycles. The van der Waals surface area contributed by atoms with Crippen molar-refractivity contribution in [1.29, 1.82) is 5.26 Å². The molecule has 28 heavy (non-hydrogen) atoms. The average Bonchev–Trinajstić information content (AvgIpc) is 2.58. The fraction of sp³-hybridized carbons (Fsp3) is 0.500. The minimum Gasteiger partial charge on any atom is -0.444 e. The van der Waals surface area contributed by atoms with E-state index in [1.165, 1.54) is 0 Å². The van der Waals surface area contributed by atoms with Crippen LogP contribution in [-0.4, -0.2) is 40.3 Å². The fourth-order valence-electron chi connectivity index (χ4n) is 3.12. The number of hydrogen-bond donors (Lipinski definition) is 3. The van der Waals surface area contributed by atoms with E-state index in [9.17, 15) is 4.79 Å². The maximum Gasteiger partial charge on any atom is 0.407 e. The second-order valence-corrected chi connectivity index (χ2v) is 7.94. The molecule has 2 aromatic heterocycles. The number of nitrogens with zero attached hydrogens (tertiary/aromatic N) is 3. The highest BCUT2D eigenvalue weighted by atomic mass is 16.6. The molecular weight excluding hydrogens is 356 g/mol. The lowest BCUT2D eigenvalue weighted by molar-refractivity contribution is 0.0475. The number of ether oxygens (including phenoxy) is 1. The lowest BCUT2D eigenvalue weighted by Gasteiger charge is -2.36. The third-order valence-corrected chi connectivity index (χ3v) is 4.38. The Labute approximate surface area is 164 Å². The van der Waals surface area contributed by atoms with Crippen molar-refractivity contribution in [2.45, 2.75) is 58.2 Å². The molecule has 0 radical (unpaired) electrons. The highest BCUT2D eigenvalue weighted by molar-refractivity contribution is 5.93. The maximum absolute atomic E-state index is 11.8. The topological polar surface area (TPSA) is 112 Å². The van der Waals surface area contributed by atoms with Gasteiger partial charge in [-0.15, -0.1) is 0 Å². The monoisotopic (exact) mass is 382 g/mol. The molecule has 0 atom stereocenters. The first-order valence-electron chi connectivity index (χ1n) is 9.48. The molecular formula is C20H26N6O2. The minimum absolute atomic E-state index is 0.102. The molecule has 148 valence electrons. The van der Waals surface area contributed by atoms with E-state index in [-0.39, 0.29) is 18.2 Å².